The number of carboxylic acids is 1. The van der Waals surface area contributed by atoms with E-state index in [2.05, 4.69) is 5.10 Å². The van der Waals surface area contributed by atoms with Crippen LogP contribution in [0.4, 0.5) is 18.9 Å². The first-order chi connectivity index (χ1) is 17.5. The van der Waals surface area contributed by atoms with E-state index >= 15 is 0 Å². The van der Waals surface area contributed by atoms with Crippen molar-refractivity contribution >= 4 is 17.6 Å². The van der Waals surface area contributed by atoms with Crippen molar-refractivity contribution in [3.63, 3.8) is 0 Å². The quantitative estimate of drug-likeness (QED) is 0.486. The molecule has 0 fully saturated rings. The van der Waals surface area contributed by atoms with Gasteiger partial charge in [0.05, 0.1) is 18.2 Å². The molecule has 1 aliphatic rings. The second-order valence-electron chi connectivity index (χ2n) is 9.06. The molecule has 196 valence electrons. The number of halogens is 3. The first-order valence-corrected chi connectivity index (χ1v) is 11.6. The van der Waals surface area contributed by atoms with Crippen molar-refractivity contribution in [3.8, 4) is 11.4 Å². The van der Waals surface area contributed by atoms with Crippen LogP contribution in [0.2, 0.25) is 0 Å². The molecule has 2 heterocycles. The van der Waals surface area contributed by atoms with Crippen molar-refractivity contribution in [2.75, 3.05) is 25.5 Å². The molecular weight excluding hydrogens is 489 g/mol. The van der Waals surface area contributed by atoms with Crippen LogP contribution in [0.3, 0.4) is 0 Å². The predicted octanol–water partition coefficient (Wildman–Crippen LogP) is 4.07. The zero-order chi connectivity index (χ0) is 26.9. The standard InChI is InChI=1S/C26H27F3N4O4/c1-16-19-11-12-32(25(36)21(31(2)3)14-24(34)35)20(19)9-10-22(16)37-15-17-13-23(26(27,28)29)33(30-17)18-7-5-4-6-8-18/h4-10,13,21H,11-12,14-15H2,1-3H3,(H,34,35)/t21-/m1/s1. The number of ether oxygens (including phenoxy) is 1. The molecule has 11 heteroatoms. The number of alkyl halides is 3. The fourth-order valence-electron chi connectivity index (χ4n) is 4.48. The van der Waals surface area contributed by atoms with Crippen LogP contribution in [0.15, 0.2) is 48.5 Å². The normalized spacial score (nSPS) is 14.1. The molecule has 1 amide bonds. The average Bonchev–Trinajstić information content (AvgIpc) is 3.47. The number of anilines is 1. The topological polar surface area (TPSA) is 87.9 Å². The molecule has 0 saturated carbocycles. The number of benzene rings is 2. The summed E-state index contributed by atoms with van der Waals surface area (Å²) in [5.74, 6) is -0.884. The van der Waals surface area contributed by atoms with E-state index in [-0.39, 0.29) is 24.6 Å². The first-order valence-electron chi connectivity index (χ1n) is 11.6. The van der Waals surface area contributed by atoms with E-state index in [0.29, 0.717) is 30.1 Å². The van der Waals surface area contributed by atoms with Crippen LogP contribution in [0.1, 0.15) is 28.9 Å². The smallest absolute Gasteiger partial charge is 0.433 e. The van der Waals surface area contributed by atoms with E-state index in [4.69, 9.17) is 4.74 Å². The molecule has 1 aromatic heterocycles. The molecule has 4 rings (SSSR count). The summed E-state index contributed by atoms with van der Waals surface area (Å²) in [4.78, 5) is 27.5. The number of nitrogens with zero attached hydrogens (tertiary/aromatic N) is 4. The number of likely N-dealkylation sites (N-methyl/N-ethyl adjacent to an activating group) is 1. The molecule has 37 heavy (non-hydrogen) atoms. The van der Waals surface area contributed by atoms with Crippen molar-refractivity contribution in [3.05, 3.63) is 71.0 Å². The van der Waals surface area contributed by atoms with Gasteiger partial charge < -0.3 is 14.7 Å². The molecule has 0 unspecified atom stereocenters. The first kappa shape index (κ1) is 26.2. The summed E-state index contributed by atoms with van der Waals surface area (Å²) in [7, 11) is 3.32. The van der Waals surface area contributed by atoms with Crippen LogP contribution >= 0.6 is 0 Å². The lowest BCUT2D eigenvalue weighted by Crippen LogP contribution is -2.46. The number of carbonyl (C=O) groups excluding carboxylic acids is 1. The minimum atomic E-state index is -4.59. The summed E-state index contributed by atoms with van der Waals surface area (Å²) < 4.78 is 47.6. The molecule has 0 radical (unpaired) electrons. The number of rotatable bonds is 8. The van der Waals surface area contributed by atoms with Gasteiger partial charge in [-0.15, -0.1) is 0 Å². The fraction of sp³-hybridized carbons (Fsp3) is 0.346. The third-order valence-corrected chi connectivity index (χ3v) is 6.37. The van der Waals surface area contributed by atoms with Gasteiger partial charge in [0.25, 0.3) is 0 Å². The summed E-state index contributed by atoms with van der Waals surface area (Å²) >= 11 is 0. The maximum Gasteiger partial charge on any atom is 0.433 e. The molecular formula is C26H27F3N4O4. The van der Waals surface area contributed by atoms with Gasteiger partial charge in [0.1, 0.15) is 23.7 Å². The zero-order valence-electron chi connectivity index (χ0n) is 20.6. The number of para-hydroxylation sites is 1. The number of aliphatic carboxylic acids is 1. The molecule has 0 saturated heterocycles. The van der Waals surface area contributed by atoms with Crippen LogP contribution < -0.4 is 9.64 Å². The largest absolute Gasteiger partial charge is 0.487 e. The van der Waals surface area contributed by atoms with Gasteiger partial charge in [-0.05, 0) is 68.9 Å². The number of hydrogen-bond acceptors (Lipinski definition) is 5. The second kappa shape index (κ2) is 10.3. The van der Waals surface area contributed by atoms with Crippen molar-refractivity contribution in [2.45, 2.75) is 38.6 Å². The van der Waals surface area contributed by atoms with Gasteiger partial charge in [-0.1, -0.05) is 18.2 Å². The highest BCUT2D eigenvalue weighted by Gasteiger charge is 2.37. The Morgan fingerprint density at radius 3 is 2.49 bits per heavy atom. The van der Waals surface area contributed by atoms with E-state index in [1.807, 2.05) is 6.92 Å². The summed E-state index contributed by atoms with van der Waals surface area (Å²) in [6, 6.07) is 11.6. The van der Waals surface area contributed by atoms with E-state index in [9.17, 15) is 27.9 Å². The summed E-state index contributed by atoms with van der Waals surface area (Å²) in [5, 5.41) is 13.3. The number of carbonyl (C=O) groups is 2. The number of amides is 1. The molecule has 1 aliphatic heterocycles. The Balaban J connectivity index is 1.55. The molecule has 0 spiro atoms. The van der Waals surface area contributed by atoms with Crippen LogP contribution in [-0.2, 0) is 28.8 Å². The summed E-state index contributed by atoms with van der Waals surface area (Å²) in [6.07, 6.45) is -4.35. The Morgan fingerprint density at radius 1 is 1.16 bits per heavy atom. The maximum atomic E-state index is 13.6. The van der Waals surface area contributed by atoms with Crippen LogP contribution in [0.25, 0.3) is 5.69 Å². The Hall–Kier alpha value is -3.86. The van der Waals surface area contributed by atoms with Gasteiger partial charge in [0.2, 0.25) is 5.91 Å². The van der Waals surface area contributed by atoms with Gasteiger partial charge in [-0.2, -0.15) is 18.3 Å². The minimum absolute atomic E-state index is 0.121. The Labute approximate surface area is 211 Å². The number of aromatic nitrogens is 2. The molecule has 1 N–H and O–H groups in total. The van der Waals surface area contributed by atoms with Crippen LogP contribution in [0, 0.1) is 6.92 Å². The minimum Gasteiger partial charge on any atom is -0.487 e. The molecule has 2 aromatic carbocycles. The molecule has 3 aromatic rings. The second-order valence-corrected chi connectivity index (χ2v) is 9.06. The number of carboxylic acid groups (broad SMARTS) is 1. The Kier molecular flexibility index (Phi) is 7.26. The maximum absolute atomic E-state index is 13.6. The summed E-state index contributed by atoms with van der Waals surface area (Å²) in [6.45, 7) is 2.05. The monoisotopic (exact) mass is 516 g/mol. The number of hydrogen-bond donors (Lipinski definition) is 1. The predicted molar refractivity (Wildman–Crippen MR) is 130 cm³/mol. The van der Waals surface area contributed by atoms with Crippen molar-refractivity contribution < 1.29 is 32.6 Å². The third kappa shape index (κ3) is 5.46. The molecule has 0 bridgehead atoms. The van der Waals surface area contributed by atoms with Gasteiger partial charge >= 0.3 is 12.1 Å². The lowest BCUT2D eigenvalue weighted by molar-refractivity contribution is -0.143. The van der Waals surface area contributed by atoms with Crippen molar-refractivity contribution in [2.24, 2.45) is 0 Å². The molecule has 8 nitrogen and oxygen atoms in total. The SMILES string of the molecule is Cc1c(OCc2cc(C(F)(F)F)n(-c3ccccc3)n2)ccc2c1CCN2C(=O)[C@@H](CC(=O)O)N(C)C. The van der Waals surface area contributed by atoms with Gasteiger partial charge in [0.15, 0.2) is 0 Å². The summed E-state index contributed by atoms with van der Waals surface area (Å²) in [5.41, 5.74) is 1.85. The van der Waals surface area contributed by atoms with E-state index in [1.54, 1.807) is 66.4 Å². The van der Waals surface area contributed by atoms with E-state index in [1.165, 1.54) is 0 Å². The van der Waals surface area contributed by atoms with Gasteiger partial charge in [-0.3, -0.25) is 14.5 Å². The lowest BCUT2D eigenvalue weighted by Gasteiger charge is -2.27. The Bertz CT molecular complexity index is 1310. The highest BCUT2D eigenvalue weighted by Crippen LogP contribution is 2.37. The average molecular weight is 517 g/mol. The highest BCUT2D eigenvalue weighted by molar-refractivity contribution is 6.00. The third-order valence-electron chi connectivity index (χ3n) is 6.37. The number of fused-ring (bicyclic) bond motifs is 1. The van der Waals surface area contributed by atoms with Gasteiger partial charge in [-0.25, -0.2) is 4.68 Å². The van der Waals surface area contributed by atoms with E-state index in [0.717, 1.165) is 21.9 Å². The Morgan fingerprint density at radius 2 is 1.86 bits per heavy atom. The highest BCUT2D eigenvalue weighted by atomic mass is 19.4. The lowest BCUT2D eigenvalue weighted by atomic mass is 10.0. The van der Waals surface area contributed by atoms with Crippen LogP contribution in [0.5, 0.6) is 5.75 Å². The molecule has 1 atom stereocenters. The van der Waals surface area contributed by atoms with Crippen LogP contribution in [-0.4, -0.2) is 58.3 Å². The fourth-order valence-corrected chi connectivity index (χ4v) is 4.48. The molecule has 0 aliphatic carbocycles. The zero-order valence-corrected chi connectivity index (χ0v) is 20.6. The van der Waals surface area contributed by atoms with Crippen molar-refractivity contribution in [1.29, 1.82) is 0 Å². The van der Waals surface area contributed by atoms with Gasteiger partial charge in [0, 0.05) is 12.2 Å². The van der Waals surface area contributed by atoms with Crippen molar-refractivity contribution in [1.82, 2.24) is 14.7 Å². The van der Waals surface area contributed by atoms with E-state index < -0.39 is 23.9 Å².